The Labute approximate surface area is 142 Å². The number of amides is 1. The Bertz CT molecular complexity index is 663. The monoisotopic (exact) mass is 328 g/mol. The van der Waals surface area contributed by atoms with E-state index in [1.165, 1.54) is 18.5 Å². The van der Waals surface area contributed by atoms with Crippen LogP contribution in [-0.2, 0) is 17.8 Å². The fraction of sp³-hybridized carbons (Fsp3) is 0.316. The summed E-state index contributed by atoms with van der Waals surface area (Å²) in [7, 11) is 0. The van der Waals surface area contributed by atoms with Crippen LogP contribution in [0, 0.1) is 0 Å². The van der Waals surface area contributed by atoms with Crippen molar-refractivity contribution < 1.29 is 4.79 Å². The average Bonchev–Trinajstić information content (AvgIpc) is 3.08. The Hall–Kier alpha value is -2.00. The van der Waals surface area contributed by atoms with E-state index < -0.39 is 0 Å². The molecule has 0 bridgehead atoms. The van der Waals surface area contributed by atoms with E-state index in [9.17, 15) is 4.79 Å². The molecule has 1 heterocycles. The zero-order chi connectivity index (χ0) is 16.1. The molecule has 23 heavy (non-hydrogen) atoms. The van der Waals surface area contributed by atoms with Gasteiger partial charge in [0.05, 0.1) is 6.42 Å². The molecule has 3 rings (SSSR count). The maximum atomic E-state index is 12.0. The van der Waals surface area contributed by atoms with Gasteiger partial charge in [-0.25, -0.2) is 0 Å². The molecule has 1 aliphatic rings. The molecule has 0 radical (unpaired) electrons. The Morgan fingerprint density at radius 1 is 1.04 bits per heavy atom. The normalized spacial score (nSPS) is 14.0. The van der Waals surface area contributed by atoms with Gasteiger partial charge < -0.3 is 10.2 Å². The van der Waals surface area contributed by atoms with E-state index in [0.29, 0.717) is 18.0 Å². The number of benzene rings is 2. The van der Waals surface area contributed by atoms with E-state index >= 15 is 0 Å². The van der Waals surface area contributed by atoms with Gasteiger partial charge in [0.1, 0.15) is 0 Å². The molecule has 2 aromatic carbocycles. The number of halogens is 1. The summed E-state index contributed by atoms with van der Waals surface area (Å²) in [4.78, 5) is 14.4. The molecule has 2 aromatic rings. The highest BCUT2D eigenvalue weighted by Gasteiger charge is 2.11. The van der Waals surface area contributed by atoms with Crippen LogP contribution in [0.15, 0.2) is 48.5 Å². The summed E-state index contributed by atoms with van der Waals surface area (Å²) in [6.45, 7) is 2.85. The van der Waals surface area contributed by atoms with Crippen molar-refractivity contribution in [2.45, 2.75) is 25.8 Å². The second kappa shape index (κ2) is 7.51. The van der Waals surface area contributed by atoms with Crippen molar-refractivity contribution in [1.82, 2.24) is 5.32 Å². The molecule has 1 fully saturated rings. The van der Waals surface area contributed by atoms with Gasteiger partial charge in [-0.1, -0.05) is 35.9 Å². The van der Waals surface area contributed by atoms with Gasteiger partial charge in [-0.3, -0.25) is 4.79 Å². The summed E-state index contributed by atoms with van der Waals surface area (Å²) in [5, 5.41) is 3.62. The first-order chi connectivity index (χ1) is 11.2. The van der Waals surface area contributed by atoms with Gasteiger partial charge in [-0.2, -0.15) is 0 Å². The third-order valence-electron chi connectivity index (χ3n) is 4.15. The predicted molar refractivity (Wildman–Crippen MR) is 94.9 cm³/mol. The standard InChI is InChI=1S/C19H21ClN2O/c20-17-5-3-4-16(12-17)13-19(23)21-14-15-6-8-18(9-7-15)22-10-1-2-11-22/h3-9,12H,1-2,10-11,13-14H2,(H,21,23). The lowest BCUT2D eigenvalue weighted by Crippen LogP contribution is -2.24. The number of carbonyl (C=O) groups excluding carboxylic acids is 1. The molecule has 0 saturated carbocycles. The van der Waals surface area contributed by atoms with Gasteiger partial charge in [0.2, 0.25) is 5.91 Å². The molecule has 1 aliphatic heterocycles. The predicted octanol–water partition coefficient (Wildman–Crippen LogP) is 3.80. The minimum Gasteiger partial charge on any atom is -0.372 e. The highest BCUT2D eigenvalue weighted by Crippen LogP contribution is 2.20. The van der Waals surface area contributed by atoms with E-state index in [1.54, 1.807) is 0 Å². The van der Waals surface area contributed by atoms with Crippen LogP contribution in [-0.4, -0.2) is 19.0 Å². The van der Waals surface area contributed by atoms with Crippen molar-refractivity contribution in [2.24, 2.45) is 0 Å². The summed E-state index contributed by atoms with van der Waals surface area (Å²) < 4.78 is 0. The van der Waals surface area contributed by atoms with Crippen LogP contribution in [0.1, 0.15) is 24.0 Å². The lowest BCUT2D eigenvalue weighted by atomic mass is 10.1. The molecule has 3 nitrogen and oxygen atoms in total. The molecule has 1 amide bonds. The van der Waals surface area contributed by atoms with Crippen molar-refractivity contribution in [3.8, 4) is 0 Å². The minimum atomic E-state index is 0.0101. The van der Waals surface area contributed by atoms with Crippen LogP contribution in [0.4, 0.5) is 5.69 Å². The first kappa shape index (κ1) is 15.9. The molecule has 0 atom stereocenters. The molecule has 0 aromatic heterocycles. The molecular weight excluding hydrogens is 308 g/mol. The summed E-state index contributed by atoms with van der Waals surface area (Å²) in [5.41, 5.74) is 3.32. The zero-order valence-corrected chi connectivity index (χ0v) is 13.9. The van der Waals surface area contributed by atoms with Crippen molar-refractivity contribution >= 4 is 23.2 Å². The first-order valence-corrected chi connectivity index (χ1v) is 8.43. The largest absolute Gasteiger partial charge is 0.372 e. The molecule has 0 aliphatic carbocycles. The van der Waals surface area contributed by atoms with Crippen LogP contribution >= 0.6 is 11.6 Å². The number of nitrogens with one attached hydrogen (secondary N) is 1. The Kier molecular flexibility index (Phi) is 5.19. The van der Waals surface area contributed by atoms with E-state index in [-0.39, 0.29) is 5.91 Å². The van der Waals surface area contributed by atoms with Crippen LogP contribution in [0.3, 0.4) is 0 Å². The Morgan fingerprint density at radius 2 is 1.78 bits per heavy atom. The third kappa shape index (κ3) is 4.49. The third-order valence-corrected chi connectivity index (χ3v) is 4.39. The number of anilines is 1. The Balaban J connectivity index is 1.50. The van der Waals surface area contributed by atoms with Gasteiger partial charge in [0, 0.05) is 30.3 Å². The van der Waals surface area contributed by atoms with Gasteiger partial charge in [-0.15, -0.1) is 0 Å². The van der Waals surface area contributed by atoms with Gasteiger partial charge in [0.25, 0.3) is 0 Å². The van der Waals surface area contributed by atoms with Crippen molar-refractivity contribution in [2.75, 3.05) is 18.0 Å². The van der Waals surface area contributed by atoms with E-state index in [2.05, 4.69) is 34.5 Å². The van der Waals surface area contributed by atoms with Crippen molar-refractivity contribution in [3.63, 3.8) is 0 Å². The van der Waals surface area contributed by atoms with E-state index in [1.807, 2.05) is 24.3 Å². The summed E-state index contributed by atoms with van der Waals surface area (Å²) >= 11 is 5.93. The van der Waals surface area contributed by atoms with Crippen molar-refractivity contribution in [3.05, 3.63) is 64.7 Å². The number of carbonyl (C=O) groups is 1. The SMILES string of the molecule is O=C(Cc1cccc(Cl)c1)NCc1ccc(N2CCCC2)cc1. The molecule has 1 saturated heterocycles. The zero-order valence-electron chi connectivity index (χ0n) is 13.1. The fourth-order valence-corrected chi connectivity index (χ4v) is 3.11. The van der Waals surface area contributed by atoms with E-state index in [0.717, 1.165) is 24.2 Å². The smallest absolute Gasteiger partial charge is 0.224 e. The number of nitrogens with zero attached hydrogens (tertiary/aromatic N) is 1. The number of rotatable bonds is 5. The highest BCUT2D eigenvalue weighted by atomic mass is 35.5. The first-order valence-electron chi connectivity index (χ1n) is 8.06. The second-order valence-electron chi connectivity index (χ2n) is 5.94. The maximum absolute atomic E-state index is 12.0. The van der Waals surface area contributed by atoms with Crippen LogP contribution in [0.2, 0.25) is 5.02 Å². The summed E-state index contributed by atoms with van der Waals surface area (Å²) in [6, 6.07) is 15.9. The molecular formula is C19H21ClN2O. The lowest BCUT2D eigenvalue weighted by Gasteiger charge is -2.17. The van der Waals surface area contributed by atoms with Gasteiger partial charge in [-0.05, 0) is 48.2 Å². The van der Waals surface area contributed by atoms with Gasteiger partial charge >= 0.3 is 0 Å². The fourth-order valence-electron chi connectivity index (χ4n) is 2.90. The summed E-state index contributed by atoms with van der Waals surface area (Å²) in [5.74, 6) is 0.0101. The molecule has 1 N–H and O–H groups in total. The quantitative estimate of drug-likeness (QED) is 0.905. The van der Waals surface area contributed by atoms with Crippen molar-refractivity contribution in [1.29, 1.82) is 0 Å². The highest BCUT2D eigenvalue weighted by molar-refractivity contribution is 6.30. The van der Waals surface area contributed by atoms with E-state index in [4.69, 9.17) is 11.6 Å². The average molecular weight is 329 g/mol. The maximum Gasteiger partial charge on any atom is 0.224 e. The summed E-state index contributed by atoms with van der Waals surface area (Å²) in [6.07, 6.45) is 2.91. The number of hydrogen-bond donors (Lipinski definition) is 1. The molecule has 120 valence electrons. The molecule has 0 spiro atoms. The topological polar surface area (TPSA) is 32.3 Å². The molecule has 4 heteroatoms. The van der Waals surface area contributed by atoms with Gasteiger partial charge in [0.15, 0.2) is 0 Å². The van der Waals surface area contributed by atoms with Crippen LogP contribution in [0.5, 0.6) is 0 Å². The molecule has 0 unspecified atom stereocenters. The van der Waals surface area contributed by atoms with Crippen LogP contribution in [0.25, 0.3) is 0 Å². The minimum absolute atomic E-state index is 0.0101. The number of hydrogen-bond acceptors (Lipinski definition) is 2. The van der Waals surface area contributed by atoms with Crippen LogP contribution < -0.4 is 10.2 Å². The lowest BCUT2D eigenvalue weighted by molar-refractivity contribution is -0.120. The second-order valence-corrected chi connectivity index (χ2v) is 6.38. The Morgan fingerprint density at radius 3 is 2.48 bits per heavy atom.